The van der Waals surface area contributed by atoms with E-state index in [-0.39, 0.29) is 11.7 Å². The smallest absolute Gasteiger partial charge is 0.326 e. The summed E-state index contributed by atoms with van der Waals surface area (Å²) in [6.07, 6.45) is 0. The van der Waals surface area contributed by atoms with Crippen LogP contribution in [-0.4, -0.2) is 14.5 Å². The third-order valence-corrected chi connectivity index (χ3v) is 3.07. The average molecular weight is 249 g/mol. The molecule has 0 atom stereocenters. The molecular formula is C12H15N3OS. The highest BCUT2D eigenvalue weighted by atomic mass is 32.1. The van der Waals surface area contributed by atoms with E-state index in [9.17, 15) is 4.79 Å². The van der Waals surface area contributed by atoms with Crippen LogP contribution in [0.5, 0.6) is 0 Å². The molecule has 0 unspecified atom stereocenters. The number of hydrogen-bond donors (Lipinski definition) is 2. The van der Waals surface area contributed by atoms with Crippen LogP contribution >= 0.6 is 12.2 Å². The lowest BCUT2D eigenvalue weighted by Gasteiger charge is -2.09. The Labute approximate surface area is 104 Å². The van der Waals surface area contributed by atoms with Crippen LogP contribution < -0.4 is 11.4 Å². The van der Waals surface area contributed by atoms with E-state index in [1.54, 1.807) is 4.57 Å². The summed E-state index contributed by atoms with van der Waals surface area (Å²) < 4.78 is 1.70. The summed E-state index contributed by atoms with van der Waals surface area (Å²) in [4.78, 5) is 15.0. The van der Waals surface area contributed by atoms with Gasteiger partial charge in [-0.15, -0.1) is 0 Å². The highest BCUT2D eigenvalue weighted by Gasteiger charge is 2.15. The first-order chi connectivity index (χ1) is 7.93. The molecule has 0 aliphatic heterocycles. The van der Waals surface area contributed by atoms with Gasteiger partial charge < -0.3 is 10.7 Å². The Bertz CT molecular complexity index is 652. The molecule has 2 aromatic rings. The van der Waals surface area contributed by atoms with Crippen molar-refractivity contribution in [1.82, 2.24) is 9.55 Å². The number of aromatic amines is 1. The maximum atomic E-state index is 11.9. The van der Waals surface area contributed by atoms with Crippen LogP contribution in [0.4, 0.5) is 0 Å². The molecule has 17 heavy (non-hydrogen) atoms. The fourth-order valence-corrected chi connectivity index (χ4v) is 2.39. The lowest BCUT2D eigenvalue weighted by atomic mass is 10.1. The standard InChI is InChI=1S/C12H15N3OS/c1-6(2)15-8-5-4-7(3)9(11(13)17)10(8)14-12(15)16/h4-6H,1-3H3,(H2,13,17)(H,14,16). The maximum absolute atomic E-state index is 11.9. The highest BCUT2D eigenvalue weighted by Crippen LogP contribution is 2.21. The van der Waals surface area contributed by atoms with E-state index in [0.717, 1.165) is 22.2 Å². The molecule has 1 aromatic heterocycles. The molecule has 3 N–H and O–H groups in total. The molecule has 90 valence electrons. The minimum atomic E-state index is -0.127. The number of hydrogen-bond acceptors (Lipinski definition) is 2. The zero-order valence-electron chi connectivity index (χ0n) is 10.1. The summed E-state index contributed by atoms with van der Waals surface area (Å²) in [5, 5.41) is 0. The summed E-state index contributed by atoms with van der Waals surface area (Å²) in [6.45, 7) is 5.86. The van der Waals surface area contributed by atoms with E-state index >= 15 is 0 Å². The summed E-state index contributed by atoms with van der Waals surface area (Å²) in [5.74, 6) is 0. The number of aryl methyl sites for hydroxylation is 1. The molecule has 0 saturated carbocycles. The normalized spacial score (nSPS) is 11.3. The minimum absolute atomic E-state index is 0.0955. The number of aromatic nitrogens is 2. The summed E-state index contributed by atoms with van der Waals surface area (Å²) >= 11 is 5.04. The number of benzene rings is 1. The van der Waals surface area contributed by atoms with Gasteiger partial charge in [0, 0.05) is 11.6 Å². The van der Waals surface area contributed by atoms with Crippen LogP contribution in [0.3, 0.4) is 0 Å². The Morgan fingerprint density at radius 1 is 1.47 bits per heavy atom. The van der Waals surface area contributed by atoms with Gasteiger partial charge in [0.25, 0.3) is 0 Å². The van der Waals surface area contributed by atoms with E-state index < -0.39 is 0 Å². The fourth-order valence-electron chi connectivity index (χ4n) is 2.13. The Morgan fingerprint density at radius 2 is 2.12 bits per heavy atom. The van der Waals surface area contributed by atoms with E-state index in [1.165, 1.54) is 0 Å². The average Bonchev–Trinajstić information content (AvgIpc) is 2.52. The van der Waals surface area contributed by atoms with Crippen LogP contribution in [0, 0.1) is 6.92 Å². The molecule has 0 aliphatic carbocycles. The fraction of sp³-hybridized carbons (Fsp3) is 0.333. The van der Waals surface area contributed by atoms with Crippen molar-refractivity contribution in [2.24, 2.45) is 5.73 Å². The predicted octanol–water partition coefficient (Wildman–Crippen LogP) is 1.85. The van der Waals surface area contributed by atoms with Gasteiger partial charge in [0.2, 0.25) is 0 Å². The van der Waals surface area contributed by atoms with Crippen molar-refractivity contribution in [3.8, 4) is 0 Å². The van der Waals surface area contributed by atoms with E-state index in [4.69, 9.17) is 18.0 Å². The molecule has 1 aromatic carbocycles. The molecule has 5 heteroatoms. The number of imidazole rings is 1. The Morgan fingerprint density at radius 3 is 2.65 bits per heavy atom. The molecule has 2 rings (SSSR count). The Kier molecular flexibility index (Phi) is 2.79. The highest BCUT2D eigenvalue weighted by molar-refractivity contribution is 7.80. The molecule has 1 heterocycles. The maximum Gasteiger partial charge on any atom is 0.326 e. The minimum Gasteiger partial charge on any atom is -0.389 e. The zero-order chi connectivity index (χ0) is 12.7. The lowest BCUT2D eigenvalue weighted by molar-refractivity contribution is 0.598. The third-order valence-electron chi connectivity index (χ3n) is 2.86. The molecule has 0 radical (unpaired) electrons. The van der Waals surface area contributed by atoms with E-state index in [2.05, 4.69) is 4.98 Å². The molecule has 0 amide bonds. The summed E-state index contributed by atoms with van der Waals surface area (Å²) in [5.41, 5.74) is 8.90. The second kappa shape index (κ2) is 4.00. The third kappa shape index (κ3) is 1.76. The van der Waals surface area contributed by atoms with Gasteiger partial charge >= 0.3 is 5.69 Å². The first-order valence-corrected chi connectivity index (χ1v) is 5.88. The first kappa shape index (κ1) is 11.9. The topological polar surface area (TPSA) is 63.8 Å². The Balaban J connectivity index is 2.94. The van der Waals surface area contributed by atoms with Gasteiger partial charge in [-0.05, 0) is 32.4 Å². The van der Waals surface area contributed by atoms with Crippen molar-refractivity contribution in [3.05, 3.63) is 33.7 Å². The summed E-state index contributed by atoms with van der Waals surface area (Å²) in [6, 6.07) is 3.95. The van der Waals surface area contributed by atoms with E-state index in [0.29, 0.717) is 4.99 Å². The van der Waals surface area contributed by atoms with Crippen molar-refractivity contribution in [1.29, 1.82) is 0 Å². The van der Waals surface area contributed by atoms with Crippen LogP contribution in [0.2, 0.25) is 0 Å². The molecule has 0 fully saturated rings. The zero-order valence-corrected chi connectivity index (χ0v) is 10.9. The van der Waals surface area contributed by atoms with Gasteiger partial charge in [-0.1, -0.05) is 18.3 Å². The van der Waals surface area contributed by atoms with Crippen molar-refractivity contribution in [2.45, 2.75) is 26.8 Å². The summed E-state index contributed by atoms with van der Waals surface area (Å²) in [7, 11) is 0. The van der Waals surface area contributed by atoms with Crippen molar-refractivity contribution in [2.75, 3.05) is 0 Å². The molecule has 0 bridgehead atoms. The number of nitrogens with one attached hydrogen (secondary N) is 1. The van der Waals surface area contributed by atoms with Gasteiger partial charge in [-0.2, -0.15) is 0 Å². The van der Waals surface area contributed by atoms with Crippen molar-refractivity contribution in [3.63, 3.8) is 0 Å². The number of thiocarbonyl (C=S) groups is 1. The van der Waals surface area contributed by atoms with Gasteiger partial charge in [0.15, 0.2) is 0 Å². The van der Waals surface area contributed by atoms with Gasteiger partial charge in [-0.25, -0.2) is 4.79 Å². The molecular weight excluding hydrogens is 234 g/mol. The van der Waals surface area contributed by atoms with Gasteiger partial charge in [0.1, 0.15) is 4.99 Å². The predicted molar refractivity (Wildman–Crippen MR) is 73.6 cm³/mol. The van der Waals surface area contributed by atoms with Gasteiger partial charge in [0.05, 0.1) is 11.0 Å². The molecule has 0 saturated heterocycles. The van der Waals surface area contributed by atoms with Crippen molar-refractivity contribution < 1.29 is 0 Å². The number of rotatable bonds is 2. The van der Waals surface area contributed by atoms with Crippen LogP contribution in [0.1, 0.15) is 31.0 Å². The quantitative estimate of drug-likeness (QED) is 0.798. The van der Waals surface area contributed by atoms with Crippen LogP contribution in [0.15, 0.2) is 16.9 Å². The van der Waals surface area contributed by atoms with E-state index in [1.807, 2.05) is 32.9 Å². The van der Waals surface area contributed by atoms with Crippen molar-refractivity contribution >= 4 is 28.2 Å². The molecule has 4 nitrogen and oxygen atoms in total. The van der Waals surface area contributed by atoms with Gasteiger partial charge in [-0.3, -0.25) is 4.57 Å². The second-order valence-electron chi connectivity index (χ2n) is 4.41. The first-order valence-electron chi connectivity index (χ1n) is 5.47. The number of fused-ring (bicyclic) bond motifs is 1. The van der Waals surface area contributed by atoms with Crippen LogP contribution in [0.25, 0.3) is 11.0 Å². The second-order valence-corrected chi connectivity index (χ2v) is 4.85. The lowest BCUT2D eigenvalue weighted by Crippen LogP contribution is -2.18. The van der Waals surface area contributed by atoms with Crippen LogP contribution in [-0.2, 0) is 0 Å². The number of nitrogens with zero attached hydrogens (tertiary/aromatic N) is 1. The number of H-pyrrole nitrogens is 1. The molecule has 0 spiro atoms. The molecule has 0 aliphatic rings. The largest absolute Gasteiger partial charge is 0.389 e. The SMILES string of the molecule is Cc1ccc2c([nH]c(=O)n2C(C)C)c1C(N)=S. The monoisotopic (exact) mass is 249 g/mol. The number of nitrogens with two attached hydrogens (primary N) is 1. The Hall–Kier alpha value is -1.62.